The molecule has 1 aromatic heterocycles. The lowest BCUT2D eigenvalue weighted by atomic mass is 9.98. The molecule has 128 valence electrons. The molecule has 0 saturated heterocycles. The van der Waals surface area contributed by atoms with Gasteiger partial charge < -0.3 is 14.6 Å². The lowest BCUT2D eigenvalue weighted by Gasteiger charge is -2.20. The van der Waals surface area contributed by atoms with E-state index < -0.39 is 0 Å². The van der Waals surface area contributed by atoms with Gasteiger partial charge in [0, 0.05) is 11.5 Å². The van der Waals surface area contributed by atoms with E-state index >= 15 is 0 Å². The van der Waals surface area contributed by atoms with Gasteiger partial charge in [-0.15, -0.1) is 0 Å². The zero-order valence-electron chi connectivity index (χ0n) is 14.3. The van der Waals surface area contributed by atoms with Crippen LogP contribution in [0, 0.1) is 11.8 Å². The fourth-order valence-corrected chi connectivity index (χ4v) is 2.54. The minimum atomic E-state index is -0.255. The summed E-state index contributed by atoms with van der Waals surface area (Å²) in [5.41, 5.74) is 0.820. The number of ether oxygens (including phenoxy) is 1. The quantitative estimate of drug-likeness (QED) is 0.843. The molecule has 1 aliphatic carbocycles. The van der Waals surface area contributed by atoms with Crippen molar-refractivity contribution in [1.29, 1.82) is 0 Å². The molecule has 0 aliphatic heterocycles. The summed E-state index contributed by atoms with van der Waals surface area (Å²) in [5, 5.41) is 7.15. The first-order chi connectivity index (χ1) is 11.6. The first-order valence-corrected chi connectivity index (χ1v) is 8.40. The molecule has 1 aliphatic rings. The Morgan fingerprint density at radius 1 is 1.46 bits per heavy atom. The van der Waals surface area contributed by atoms with Crippen LogP contribution in [0.2, 0.25) is 0 Å². The maximum Gasteiger partial charge on any atom is 0.249 e. The number of carbonyl (C=O) groups excluding carboxylic acids is 1. The first-order valence-electron chi connectivity index (χ1n) is 8.40. The normalized spacial score (nSPS) is 16.5. The van der Waals surface area contributed by atoms with Crippen molar-refractivity contribution in [3.8, 4) is 17.1 Å². The van der Waals surface area contributed by atoms with Crippen LogP contribution >= 0.6 is 0 Å². The van der Waals surface area contributed by atoms with E-state index in [1.165, 1.54) is 0 Å². The highest BCUT2D eigenvalue weighted by Crippen LogP contribution is 2.32. The maximum absolute atomic E-state index is 12.2. The summed E-state index contributed by atoms with van der Waals surface area (Å²) in [7, 11) is 1.62. The molecule has 0 radical (unpaired) electrons. The Labute approximate surface area is 141 Å². The minimum Gasteiger partial charge on any atom is -0.497 e. The van der Waals surface area contributed by atoms with Gasteiger partial charge in [0.1, 0.15) is 11.8 Å². The number of amides is 1. The summed E-state index contributed by atoms with van der Waals surface area (Å²) in [6.07, 6.45) is 2.85. The number of nitrogens with one attached hydrogen (secondary N) is 1. The van der Waals surface area contributed by atoms with Gasteiger partial charge in [0.15, 0.2) is 0 Å². The molecule has 1 fully saturated rings. The second-order valence-electron chi connectivity index (χ2n) is 6.33. The molecule has 1 heterocycles. The van der Waals surface area contributed by atoms with Gasteiger partial charge in [0.05, 0.1) is 7.11 Å². The van der Waals surface area contributed by atoms with E-state index in [-0.39, 0.29) is 23.8 Å². The van der Waals surface area contributed by atoms with Gasteiger partial charge in [0.2, 0.25) is 17.6 Å². The molecule has 0 spiro atoms. The predicted molar refractivity (Wildman–Crippen MR) is 89.3 cm³/mol. The number of rotatable bonds is 7. The highest BCUT2D eigenvalue weighted by Gasteiger charge is 2.34. The average molecular weight is 329 g/mol. The Kier molecular flexibility index (Phi) is 4.83. The van der Waals surface area contributed by atoms with Crippen molar-refractivity contribution in [3.63, 3.8) is 0 Å². The van der Waals surface area contributed by atoms with E-state index in [0.29, 0.717) is 11.7 Å². The Balaban J connectivity index is 1.83. The van der Waals surface area contributed by atoms with Gasteiger partial charge >= 0.3 is 0 Å². The highest BCUT2D eigenvalue weighted by atomic mass is 16.5. The van der Waals surface area contributed by atoms with Crippen LogP contribution in [0.4, 0.5) is 0 Å². The van der Waals surface area contributed by atoms with Gasteiger partial charge in [-0.25, -0.2) is 0 Å². The number of hydrogen-bond donors (Lipinski definition) is 1. The van der Waals surface area contributed by atoms with Crippen LogP contribution in [-0.2, 0) is 4.79 Å². The van der Waals surface area contributed by atoms with Gasteiger partial charge in [-0.05, 0) is 30.9 Å². The molecule has 1 saturated carbocycles. The fraction of sp³-hybridized carbons (Fsp3) is 0.500. The van der Waals surface area contributed by atoms with Gasteiger partial charge in [-0.1, -0.05) is 37.6 Å². The summed E-state index contributed by atoms with van der Waals surface area (Å²) in [6.45, 7) is 4.16. The monoisotopic (exact) mass is 329 g/mol. The standard InChI is InChI=1S/C18H23N3O3/c1-4-11(2)15(19-17(22)12-8-9-12)18-20-16(21-24-18)13-6-5-7-14(10-13)23-3/h5-7,10-12,15H,4,8-9H2,1-3H3,(H,19,22)/t11-,15+/m0/s1. The van der Waals surface area contributed by atoms with Crippen molar-refractivity contribution in [2.24, 2.45) is 11.8 Å². The van der Waals surface area contributed by atoms with E-state index in [1.54, 1.807) is 7.11 Å². The Morgan fingerprint density at radius 2 is 2.25 bits per heavy atom. The van der Waals surface area contributed by atoms with Crippen LogP contribution in [0.5, 0.6) is 5.75 Å². The second kappa shape index (κ2) is 7.03. The lowest BCUT2D eigenvalue weighted by Crippen LogP contribution is -2.33. The fourth-order valence-electron chi connectivity index (χ4n) is 2.54. The molecular weight excluding hydrogens is 306 g/mol. The van der Waals surface area contributed by atoms with E-state index in [2.05, 4.69) is 29.3 Å². The second-order valence-corrected chi connectivity index (χ2v) is 6.33. The molecule has 0 bridgehead atoms. The third-order valence-electron chi connectivity index (χ3n) is 4.49. The van der Waals surface area contributed by atoms with Crippen molar-refractivity contribution in [2.75, 3.05) is 7.11 Å². The van der Waals surface area contributed by atoms with Crippen molar-refractivity contribution in [1.82, 2.24) is 15.5 Å². The number of benzene rings is 1. The van der Waals surface area contributed by atoms with Crippen LogP contribution < -0.4 is 10.1 Å². The van der Waals surface area contributed by atoms with E-state index in [1.807, 2.05) is 24.3 Å². The maximum atomic E-state index is 12.2. The zero-order chi connectivity index (χ0) is 17.1. The number of aromatic nitrogens is 2. The zero-order valence-corrected chi connectivity index (χ0v) is 14.3. The summed E-state index contributed by atoms with van der Waals surface area (Å²) < 4.78 is 10.7. The minimum absolute atomic E-state index is 0.0847. The molecule has 0 unspecified atom stereocenters. The van der Waals surface area contributed by atoms with Crippen LogP contribution in [0.25, 0.3) is 11.4 Å². The van der Waals surface area contributed by atoms with Gasteiger partial charge in [0.25, 0.3) is 0 Å². The molecule has 1 aromatic carbocycles. The number of hydrogen-bond acceptors (Lipinski definition) is 5. The molecular formula is C18H23N3O3. The third-order valence-corrected chi connectivity index (χ3v) is 4.49. The average Bonchev–Trinajstić information content (AvgIpc) is 3.36. The van der Waals surface area contributed by atoms with Crippen molar-refractivity contribution < 1.29 is 14.1 Å². The first kappa shape index (κ1) is 16.5. The van der Waals surface area contributed by atoms with E-state index in [4.69, 9.17) is 9.26 Å². The van der Waals surface area contributed by atoms with Crippen molar-refractivity contribution >= 4 is 5.91 Å². The van der Waals surface area contributed by atoms with Crippen LogP contribution in [0.15, 0.2) is 28.8 Å². The molecule has 2 atom stereocenters. The molecule has 6 heteroatoms. The SMILES string of the molecule is CC[C@H](C)[C@@H](NC(=O)C1CC1)c1nc(-c2cccc(OC)c2)no1. The van der Waals surface area contributed by atoms with Crippen LogP contribution in [0.3, 0.4) is 0 Å². The van der Waals surface area contributed by atoms with Crippen LogP contribution in [0.1, 0.15) is 45.0 Å². The number of methoxy groups -OCH3 is 1. The molecule has 24 heavy (non-hydrogen) atoms. The summed E-state index contributed by atoms with van der Waals surface area (Å²) >= 11 is 0. The third kappa shape index (κ3) is 3.58. The van der Waals surface area contributed by atoms with Crippen molar-refractivity contribution in [2.45, 2.75) is 39.2 Å². The summed E-state index contributed by atoms with van der Waals surface area (Å²) in [6, 6.07) is 7.25. The molecule has 2 aromatic rings. The van der Waals surface area contributed by atoms with Gasteiger partial charge in [-0.3, -0.25) is 4.79 Å². The molecule has 3 rings (SSSR count). The molecule has 6 nitrogen and oxygen atoms in total. The highest BCUT2D eigenvalue weighted by molar-refractivity contribution is 5.81. The molecule has 1 amide bonds. The van der Waals surface area contributed by atoms with Gasteiger partial charge in [-0.2, -0.15) is 4.98 Å². The van der Waals surface area contributed by atoms with Crippen LogP contribution in [-0.4, -0.2) is 23.2 Å². The number of carbonyl (C=O) groups is 1. The largest absolute Gasteiger partial charge is 0.497 e. The van der Waals surface area contributed by atoms with Crippen molar-refractivity contribution in [3.05, 3.63) is 30.2 Å². The smallest absolute Gasteiger partial charge is 0.249 e. The Bertz CT molecular complexity index is 709. The predicted octanol–water partition coefficient (Wildman–Crippen LogP) is 3.36. The topological polar surface area (TPSA) is 77.2 Å². The Morgan fingerprint density at radius 3 is 2.92 bits per heavy atom. The lowest BCUT2D eigenvalue weighted by molar-refractivity contribution is -0.123. The van der Waals surface area contributed by atoms with E-state index in [9.17, 15) is 4.79 Å². The number of nitrogens with zero attached hydrogens (tertiary/aromatic N) is 2. The summed E-state index contributed by atoms with van der Waals surface area (Å²) in [4.78, 5) is 16.7. The molecule has 1 N–H and O–H groups in total. The summed E-state index contributed by atoms with van der Waals surface area (Å²) in [5.74, 6) is 2.14. The Hall–Kier alpha value is -2.37. The van der Waals surface area contributed by atoms with E-state index in [0.717, 1.165) is 30.6 Å².